The fourth-order valence-corrected chi connectivity index (χ4v) is 3.19. The number of allylic oxidation sites excluding steroid dienone is 1. The minimum atomic E-state index is -5.19. The summed E-state index contributed by atoms with van der Waals surface area (Å²) in [5, 5.41) is -2.11. The molecule has 122 valence electrons. The molecule has 0 radical (unpaired) electrons. The molecular weight excluding hydrogens is 356 g/mol. The van der Waals surface area contributed by atoms with Gasteiger partial charge in [0.2, 0.25) is 15.0 Å². The van der Waals surface area contributed by atoms with Crippen molar-refractivity contribution in [2.24, 2.45) is 0 Å². The molecule has 0 N–H and O–H groups in total. The largest absolute Gasteiger partial charge is 0.420 e. The first-order valence-electron chi connectivity index (χ1n) is 6.17. The van der Waals surface area contributed by atoms with Crippen molar-refractivity contribution in [3.8, 4) is 0 Å². The van der Waals surface area contributed by atoms with E-state index in [2.05, 4.69) is 0 Å². The fourth-order valence-electron chi connectivity index (χ4n) is 1.84. The highest BCUT2D eigenvalue weighted by Gasteiger charge is 2.42. The molecule has 0 atom stereocenters. The van der Waals surface area contributed by atoms with E-state index < -0.39 is 37.2 Å². The number of hydrogen-bond acceptors (Lipinski definition) is 2. The molecule has 0 aliphatic rings. The van der Waals surface area contributed by atoms with E-state index in [-0.39, 0.29) is 5.02 Å². The van der Waals surface area contributed by atoms with Crippen molar-refractivity contribution < 1.29 is 26.0 Å². The Morgan fingerprint density at radius 3 is 1.91 bits per heavy atom. The summed E-state index contributed by atoms with van der Waals surface area (Å²) >= 11 is 5.59. The van der Waals surface area contributed by atoms with Gasteiger partial charge in [0.25, 0.3) is 0 Å². The summed E-state index contributed by atoms with van der Waals surface area (Å²) in [6.45, 7) is 0. The van der Waals surface area contributed by atoms with Gasteiger partial charge in [0, 0.05) is 5.02 Å². The van der Waals surface area contributed by atoms with Crippen LogP contribution in [0.5, 0.6) is 0 Å². The third-order valence-corrected chi connectivity index (χ3v) is 4.72. The van der Waals surface area contributed by atoms with Gasteiger partial charge in [-0.05, 0) is 29.8 Å². The fraction of sp³-hybridized carbons (Fsp3) is 0.0667. The molecule has 0 aliphatic heterocycles. The van der Waals surface area contributed by atoms with Gasteiger partial charge in [0.05, 0.1) is 4.90 Å². The molecule has 0 amide bonds. The van der Waals surface area contributed by atoms with Gasteiger partial charge >= 0.3 is 6.18 Å². The average Bonchev–Trinajstić information content (AvgIpc) is 2.49. The zero-order valence-corrected chi connectivity index (χ0v) is 12.9. The van der Waals surface area contributed by atoms with E-state index in [9.17, 15) is 26.0 Å². The number of halogens is 5. The molecule has 0 aliphatic carbocycles. The highest BCUT2D eigenvalue weighted by molar-refractivity contribution is 7.95. The number of benzene rings is 2. The lowest BCUT2D eigenvalue weighted by Crippen LogP contribution is -2.16. The van der Waals surface area contributed by atoms with Crippen LogP contribution in [-0.2, 0) is 9.84 Å². The summed E-state index contributed by atoms with van der Waals surface area (Å²) in [6.07, 6.45) is -5.19. The Hall–Kier alpha value is -1.86. The molecule has 0 saturated heterocycles. The highest BCUT2D eigenvalue weighted by Crippen LogP contribution is 2.40. The van der Waals surface area contributed by atoms with Crippen molar-refractivity contribution in [1.29, 1.82) is 0 Å². The Bertz CT molecular complexity index is 826. The molecule has 0 heterocycles. The Labute approximate surface area is 134 Å². The number of sulfone groups is 1. The summed E-state index contributed by atoms with van der Waals surface area (Å²) in [7, 11) is -4.92. The van der Waals surface area contributed by atoms with Crippen LogP contribution in [-0.4, -0.2) is 14.6 Å². The third kappa shape index (κ3) is 3.73. The predicted octanol–water partition coefficient (Wildman–Crippen LogP) is 5.01. The second-order valence-electron chi connectivity index (χ2n) is 4.47. The summed E-state index contributed by atoms with van der Waals surface area (Å²) < 4.78 is 78.2. The van der Waals surface area contributed by atoms with Gasteiger partial charge in [0.15, 0.2) is 0 Å². The molecule has 0 spiro atoms. The molecule has 0 bridgehead atoms. The molecule has 2 aromatic rings. The highest BCUT2D eigenvalue weighted by atomic mass is 35.5. The van der Waals surface area contributed by atoms with E-state index in [4.69, 9.17) is 11.6 Å². The first-order chi connectivity index (χ1) is 10.6. The molecule has 2 rings (SSSR count). The van der Waals surface area contributed by atoms with Crippen LogP contribution in [0.25, 0.3) is 5.57 Å². The zero-order chi connectivity index (χ0) is 17.3. The van der Waals surface area contributed by atoms with Gasteiger partial charge in [-0.15, -0.1) is 0 Å². The van der Waals surface area contributed by atoms with E-state index in [1.54, 1.807) is 0 Å². The first-order valence-corrected chi connectivity index (χ1v) is 8.03. The van der Waals surface area contributed by atoms with Gasteiger partial charge in [-0.2, -0.15) is 17.6 Å². The van der Waals surface area contributed by atoms with E-state index in [0.29, 0.717) is 0 Å². The van der Waals surface area contributed by atoms with Crippen molar-refractivity contribution in [2.45, 2.75) is 11.1 Å². The lowest BCUT2D eigenvalue weighted by molar-refractivity contribution is -0.0697. The molecule has 0 unspecified atom stereocenters. The van der Waals surface area contributed by atoms with Crippen molar-refractivity contribution in [3.63, 3.8) is 0 Å². The molecule has 8 heteroatoms. The Morgan fingerprint density at radius 2 is 1.43 bits per heavy atom. The molecule has 0 saturated carbocycles. The lowest BCUT2D eigenvalue weighted by atomic mass is 10.1. The van der Waals surface area contributed by atoms with Crippen LogP contribution < -0.4 is 0 Å². The molecular formula is C15H9ClF4O2S. The summed E-state index contributed by atoms with van der Waals surface area (Å²) in [5.74, 6) is 0. The van der Waals surface area contributed by atoms with Crippen LogP contribution in [0.4, 0.5) is 17.6 Å². The minimum absolute atomic E-state index is 0.140. The van der Waals surface area contributed by atoms with Crippen LogP contribution in [0.2, 0.25) is 5.02 Å². The lowest BCUT2D eigenvalue weighted by Gasteiger charge is -2.14. The van der Waals surface area contributed by atoms with Crippen LogP contribution >= 0.6 is 11.6 Å². The second kappa shape index (κ2) is 6.33. The van der Waals surface area contributed by atoms with Gasteiger partial charge in [0.1, 0.15) is 5.57 Å². The maximum absolute atomic E-state index is 14.4. The van der Waals surface area contributed by atoms with E-state index in [1.165, 1.54) is 18.2 Å². The van der Waals surface area contributed by atoms with E-state index in [1.807, 2.05) is 0 Å². The number of rotatable bonds is 3. The minimum Gasteiger partial charge on any atom is -0.216 e. The van der Waals surface area contributed by atoms with Crippen molar-refractivity contribution in [1.82, 2.24) is 0 Å². The van der Waals surface area contributed by atoms with Crippen LogP contribution in [0.3, 0.4) is 0 Å². The summed E-state index contributed by atoms with van der Waals surface area (Å²) in [6, 6.07) is 10.1. The van der Waals surface area contributed by atoms with Crippen molar-refractivity contribution in [3.05, 3.63) is 70.3 Å². The van der Waals surface area contributed by atoms with Crippen LogP contribution in [0, 0.1) is 0 Å². The quantitative estimate of drug-likeness (QED) is 0.717. The molecule has 23 heavy (non-hydrogen) atoms. The maximum Gasteiger partial charge on any atom is 0.420 e. The Kier molecular flexibility index (Phi) is 4.81. The molecule has 2 aromatic carbocycles. The Morgan fingerprint density at radius 1 is 0.913 bits per heavy atom. The van der Waals surface area contributed by atoms with Gasteiger partial charge in [-0.1, -0.05) is 41.9 Å². The van der Waals surface area contributed by atoms with Gasteiger partial charge < -0.3 is 0 Å². The molecule has 2 nitrogen and oxygen atoms in total. The topological polar surface area (TPSA) is 34.1 Å². The smallest absolute Gasteiger partial charge is 0.216 e. The van der Waals surface area contributed by atoms with Crippen molar-refractivity contribution >= 4 is 27.0 Å². The summed E-state index contributed by atoms with van der Waals surface area (Å²) in [5.41, 5.74) is -2.49. The predicted molar refractivity (Wildman–Crippen MR) is 79.2 cm³/mol. The van der Waals surface area contributed by atoms with Crippen molar-refractivity contribution in [2.75, 3.05) is 0 Å². The second-order valence-corrected chi connectivity index (χ2v) is 6.74. The van der Waals surface area contributed by atoms with Gasteiger partial charge in [-0.25, -0.2) is 8.42 Å². The van der Waals surface area contributed by atoms with Crippen LogP contribution in [0.1, 0.15) is 5.56 Å². The summed E-state index contributed by atoms with van der Waals surface area (Å²) in [4.78, 5) is -0.562. The average molecular weight is 365 g/mol. The Balaban J connectivity index is 2.71. The van der Waals surface area contributed by atoms with E-state index >= 15 is 0 Å². The monoisotopic (exact) mass is 364 g/mol. The normalized spacial score (nSPS) is 13.6. The first kappa shape index (κ1) is 17.5. The molecule has 0 aromatic heterocycles. The van der Waals surface area contributed by atoms with Gasteiger partial charge in [-0.3, -0.25) is 0 Å². The van der Waals surface area contributed by atoms with E-state index in [0.717, 1.165) is 36.4 Å². The zero-order valence-electron chi connectivity index (χ0n) is 11.3. The maximum atomic E-state index is 14.4. The van der Waals surface area contributed by atoms with Crippen LogP contribution in [0.15, 0.2) is 64.7 Å². The molecule has 0 fully saturated rings. The SMILES string of the molecule is O=S(=O)(/C(F)=C(/c1ccc(Cl)cc1)C(F)(F)F)c1ccccc1. The number of hydrogen-bond donors (Lipinski definition) is 0. The number of alkyl halides is 3. The standard InChI is InChI=1S/C15H9ClF4O2S/c16-11-8-6-10(7-9-11)13(15(18,19)20)14(17)23(21,22)12-4-2-1-3-5-12/h1-9H/b14-13-. The third-order valence-electron chi connectivity index (χ3n) is 2.90.